The van der Waals surface area contributed by atoms with E-state index in [0.29, 0.717) is 0 Å². The zero-order chi connectivity index (χ0) is 14.3. The van der Waals surface area contributed by atoms with Crippen molar-refractivity contribution in [1.29, 1.82) is 0 Å². The molecule has 19 heavy (non-hydrogen) atoms. The monoisotopic (exact) mass is 286 g/mol. The van der Waals surface area contributed by atoms with Crippen molar-refractivity contribution in [3.8, 4) is 0 Å². The minimum Gasteiger partial charge on any atom is -0.420 e. The molecule has 0 saturated heterocycles. The van der Waals surface area contributed by atoms with Crippen molar-refractivity contribution in [3.05, 3.63) is 35.4 Å². The molecule has 4 heteroatoms. The van der Waals surface area contributed by atoms with Gasteiger partial charge in [0.15, 0.2) is 8.32 Å². The van der Waals surface area contributed by atoms with E-state index in [4.69, 9.17) is 4.43 Å². The van der Waals surface area contributed by atoms with Crippen LogP contribution >= 0.6 is 0 Å². The molecule has 1 aromatic carbocycles. The van der Waals surface area contributed by atoms with Crippen molar-refractivity contribution in [2.45, 2.75) is 51.2 Å². The van der Waals surface area contributed by atoms with Crippen LogP contribution in [-0.4, -0.2) is 15.4 Å². The highest BCUT2D eigenvalue weighted by Gasteiger charge is 2.28. The van der Waals surface area contributed by atoms with Gasteiger partial charge in [-0.1, -0.05) is 20.3 Å². The van der Waals surface area contributed by atoms with Crippen LogP contribution in [0.15, 0.2) is 18.2 Å². The summed E-state index contributed by atoms with van der Waals surface area (Å²) in [6, 6.07) is 7.16. The van der Waals surface area contributed by atoms with Crippen molar-refractivity contribution < 1.29 is 13.2 Å². The van der Waals surface area contributed by atoms with E-state index in [0.717, 1.165) is 49.0 Å². The Kier molecular flexibility index (Phi) is 6.65. The Balaban J connectivity index is 2.42. The van der Waals surface area contributed by atoms with E-state index < -0.39 is 20.0 Å². The second kappa shape index (κ2) is 7.75. The van der Waals surface area contributed by atoms with Crippen LogP contribution in [0.4, 0.5) is 8.78 Å². The molecule has 1 rings (SSSR count). The molecule has 0 saturated carbocycles. The minimum absolute atomic E-state index is 0.488. The highest BCUT2D eigenvalue weighted by atomic mass is 28.4. The largest absolute Gasteiger partial charge is 0.420 e. The standard InChI is InChI=1S/C15H24F2OSi/c1-4-19(5-2,18-3)9-7-6-8-13-10-14(16)12-15(17)11-13/h10-12H,4-9H2,1-3H3. The van der Waals surface area contributed by atoms with Gasteiger partial charge in [0.05, 0.1) is 0 Å². The normalized spacial score (nSPS) is 11.8. The predicted octanol–water partition coefficient (Wildman–Crippen LogP) is 4.92. The molecular weight excluding hydrogens is 262 g/mol. The molecule has 0 spiro atoms. The van der Waals surface area contributed by atoms with Crippen LogP contribution in [0, 0.1) is 11.6 Å². The van der Waals surface area contributed by atoms with Crippen LogP contribution in [0.1, 0.15) is 32.3 Å². The van der Waals surface area contributed by atoms with E-state index >= 15 is 0 Å². The summed E-state index contributed by atoms with van der Waals surface area (Å²) in [5, 5.41) is 0. The summed E-state index contributed by atoms with van der Waals surface area (Å²) < 4.78 is 31.8. The zero-order valence-electron chi connectivity index (χ0n) is 12.1. The highest BCUT2D eigenvalue weighted by Crippen LogP contribution is 2.24. The molecule has 0 amide bonds. The quantitative estimate of drug-likeness (QED) is 0.487. The molecule has 0 aliphatic rings. The van der Waals surface area contributed by atoms with E-state index in [9.17, 15) is 8.78 Å². The maximum atomic E-state index is 13.0. The Morgan fingerprint density at radius 1 is 1.00 bits per heavy atom. The van der Waals surface area contributed by atoms with Crippen molar-refractivity contribution in [2.24, 2.45) is 0 Å². The molecule has 0 atom stereocenters. The third kappa shape index (κ3) is 5.03. The molecule has 1 nitrogen and oxygen atoms in total. The number of rotatable bonds is 8. The average molecular weight is 286 g/mol. The molecule has 0 aromatic heterocycles. The van der Waals surface area contributed by atoms with Crippen LogP contribution in [0.2, 0.25) is 18.1 Å². The van der Waals surface area contributed by atoms with Crippen molar-refractivity contribution in [2.75, 3.05) is 7.11 Å². The van der Waals surface area contributed by atoms with Gasteiger partial charge in [0, 0.05) is 13.2 Å². The first kappa shape index (κ1) is 16.3. The van der Waals surface area contributed by atoms with E-state index in [1.54, 1.807) is 0 Å². The summed E-state index contributed by atoms with van der Waals surface area (Å²) in [6.07, 6.45) is 2.76. The van der Waals surface area contributed by atoms with Crippen molar-refractivity contribution in [3.63, 3.8) is 0 Å². The van der Waals surface area contributed by atoms with Crippen LogP contribution in [0.5, 0.6) is 0 Å². The van der Waals surface area contributed by atoms with E-state index in [1.165, 1.54) is 12.1 Å². The summed E-state index contributed by atoms with van der Waals surface area (Å²) in [5.41, 5.74) is 0.746. The summed E-state index contributed by atoms with van der Waals surface area (Å²) >= 11 is 0. The summed E-state index contributed by atoms with van der Waals surface area (Å²) in [7, 11) is 0.295. The molecule has 1 aromatic rings. The predicted molar refractivity (Wildman–Crippen MR) is 77.8 cm³/mol. The third-order valence-corrected chi connectivity index (χ3v) is 8.70. The SMILES string of the molecule is CC[Si](CC)(CCCCc1cc(F)cc(F)c1)OC. The Hall–Kier alpha value is -0.743. The fraction of sp³-hybridized carbons (Fsp3) is 0.600. The smallest absolute Gasteiger partial charge is 0.191 e. The molecule has 0 unspecified atom stereocenters. The fourth-order valence-electron chi connectivity index (χ4n) is 2.53. The lowest BCUT2D eigenvalue weighted by atomic mass is 10.1. The van der Waals surface area contributed by atoms with Crippen LogP contribution in [0.25, 0.3) is 0 Å². The molecule has 0 heterocycles. The molecule has 0 aliphatic heterocycles. The van der Waals surface area contributed by atoms with Crippen molar-refractivity contribution in [1.82, 2.24) is 0 Å². The van der Waals surface area contributed by atoms with Crippen molar-refractivity contribution >= 4 is 8.32 Å². The lowest BCUT2D eigenvalue weighted by Gasteiger charge is -2.27. The Labute approximate surface area is 116 Å². The van der Waals surface area contributed by atoms with Gasteiger partial charge >= 0.3 is 0 Å². The summed E-state index contributed by atoms with van der Waals surface area (Å²) in [4.78, 5) is 0. The lowest BCUT2D eigenvalue weighted by Crippen LogP contribution is -2.34. The maximum absolute atomic E-state index is 13.0. The van der Waals surface area contributed by atoms with Gasteiger partial charge in [-0.15, -0.1) is 0 Å². The minimum atomic E-state index is -1.53. The van der Waals surface area contributed by atoms with E-state index in [1.807, 2.05) is 7.11 Å². The number of hydrogen-bond acceptors (Lipinski definition) is 1. The highest BCUT2D eigenvalue weighted by molar-refractivity contribution is 6.73. The second-order valence-electron chi connectivity index (χ2n) is 5.08. The first-order valence-electron chi connectivity index (χ1n) is 7.05. The molecule has 0 aliphatic carbocycles. The van der Waals surface area contributed by atoms with Gasteiger partial charge in [-0.25, -0.2) is 8.78 Å². The summed E-state index contributed by atoms with van der Waals surface area (Å²) in [5.74, 6) is -0.976. The third-order valence-electron chi connectivity index (χ3n) is 3.99. The Morgan fingerprint density at radius 2 is 1.58 bits per heavy atom. The average Bonchev–Trinajstić information content (AvgIpc) is 2.39. The number of halogens is 2. The van der Waals surface area contributed by atoms with Gasteiger partial charge in [0.25, 0.3) is 0 Å². The molecule has 0 fully saturated rings. The molecular formula is C15H24F2OSi. The van der Waals surface area contributed by atoms with Gasteiger partial charge in [-0.05, 0) is 48.7 Å². The van der Waals surface area contributed by atoms with Gasteiger partial charge in [-0.3, -0.25) is 0 Å². The molecule has 0 bridgehead atoms. The maximum Gasteiger partial charge on any atom is 0.191 e. The van der Waals surface area contributed by atoms with Gasteiger partial charge in [0.1, 0.15) is 11.6 Å². The van der Waals surface area contributed by atoms with Crippen LogP contribution in [0.3, 0.4) is 0 Å². The summed E-state index contributed by atoms with van der Waals surface area (Å²) in [6.45, 7) is 4.39. The van der Waals surface area contributed by atoms with E-state index in [-0.39, 0.29) is 0 Å². The fourth-order valence-corrected chi connectivity index (χ4v) is 5.41. The molecule has 108 valence electrons. The topological polar surface area (TPSA) is 9.23 Å². The first-order chi connectivity index (χ1) is 9.05. The second-order valence-corrected chi connectivity index (χ2v) is 9.77. The Bertz CT molecular complexity index is 363. The first-order valence-corrected chi connectivity index (χ1v) is 9.58. The van der Waals surface area contributed by atoms with E-state index in [2.05, 4.69) is 13.8 Å². The van der Waals surface area contributed by atoms with Crippen LogP contribution in [-0.2, 0) is 10.8 Å². The number of hydrogen-bond donors (Lipinski definition) is 0. The van der Waals surface area contributed by atoms with Gasteiger partial charge in [-0.2, -0.15) is 0 Å². The Morgan fingerprint density at radius 3 is 2.05 bits per heavy atom. The lowest BCUT2D eigenvalue weighted by molar-refractivity contribution is 0.389. The zero-order valence-corrected chi connectivity index (χ0v) is 13.1. The van der Waals surface area contributed by atoms with Gasteiger partial charge < -0.3 is 4.43 Å². The molecule has 0 N–H and O–H groups in total. The van der Waals surface area contributed by atoms with Crippen LogP contribution < -0.4 is 0 Å². The number of aryl methyl sites for hydroxylation is 1. The number of benzene rings is 1. The molecule has 0 radical (unpaired) electrons. The van der Waals surface area contributed by atoms with Gasteiger partial charge in [0.2, 0.25) is 0 Å². The number of unbranched alkanes of at least 4 members (excludes halogenated alkanes) is 1.